The highest BCUT2D eigenvalue weighted by Gasteiger charge is 2.21. The highest BCUT2D eigenvalue weighted by atomic mass is 16.6. The highest BCUT2D eigenvalue weighted by molar-refractivity contribution is 5.76. The van der Waals surface area contributed by atoms with Gasteiger partial charge in [-0.05, 0) is 32.1 Å². The average Bonchev–Trinajstić information content (AvgIpc) is 3.72. The van der Waals surface area contributed by atoms with Gasteiger partial charge in [0, 0.05) is 40.0 Å². The molecule has 2 heterocycles. The van der Waals surface area contributed by atoms with Crippen molar-refractivity contribution < 1.29 is 19.1 Å². The van der Waals surface area contributed by atoms with E-state index in [-0.39, 0.29) is 11.8 Å². The fourth-order valence-electron chi connectivity index (χ4n) is 4.36. The number of hydrogen-bond acceptors (Lipinski definition) is 4. The Balaban J connectivity index is 1.34. The Morgan fingerprint density at radius 3 is 1.27 bits per heavy atom. The first kappa shape index (κ1) is 28.1. The van der Waals surface area contributed by atoms with Crippen molar-refractivity contribution in [2.45, 2.75) is 121 Å². The van der Waals surface area contributed by atoms with Crippen molar-refractivity contribution in [1.82, 2.24) is 9.80 Å². The quantitative estimate of drug-likeness (QED) is 0.160. The van der Waals surface area contributed by atoms with Crippen LogP contribution in [-0.2, 0) is 19.1 Å². The van der Waals surface area contributed by atoms with Crippen LogP contribution >= 0.6 is 0 Å². The zero-order valence-corrected chi connectivity index (χ0v) is 21.5. The van der Waals surface area contributed by atoms with Crippen molar-refractivity contribution in [3.63, 3.8) is 0 Å². The molecule has 0 aromatic heterocycles. The Hall–Kier alpha value is -1.14. The summed E-state index contributed by atoms with van der Waals surface area (Å²) in [5, 5.41) is 0. The Labute approximate surface area is 202 Å². The van der Waals surface area contributed by atoms with Crippen LogP contribution in [0.1, 0.15) is 109 Å². The summed E-state index contributed by atoms with van der Waals surface area (Å²) >= 11 is 0. The number of unbranched alkanes of at least 4 members (excludes halogenated alkanes) is 10. The summed E-state index contributed by atoms with van der Waals surface area (Å²) in [6.07, 6.45) is 20.1. The van der Waals surface area contributed by atoms with Crippen LogP contribution in [-0.4, -0.2) is 74.2 Å². The maximum atomic E-state index is 12.3. The molecule has 192 valence electrons. The second-order valence-electron chi connectivity index (χ2n) is 10.2. The third-order valence-electron chi connectivity index (χ3n) is 6.98. The van der Waals surface area contributed by atoms with E-state index in [1.165, 1.54) is 64.2 Å². The van der Waals surface area contributed by atoms with E-state index < -0.39 is 0 Å². The summed E-state index contributed by atoms with van der Waals surface area (Å²) in [6, 6.07) is 0. The molecule has 0 radical (unpaired) electrons. The fraction of sp³-hybridized carbons (Fsp3) is 0.926. The van der Waals surface area contributed by atoms with E-state index in [9.17, 15) is 9.59 Å². The Morgan fingerprint density at radius 1 is 0.576 bits per heavy atom. The number of carbonyl (C=O) groups is 2. The van der Waals surface area contributed by atoms with Gasteiger partial charge in [0.05, 0.1) is 25.4 Å². The minimum absolute atomic E-state index is 0.236. The monoisotopic (exact) mass is 466 g/mol. The molecule has 2 fully saturated rings. The van der Waals surface area contributed by atoms with E-state index in [1.807, 2.05) is 23.9 Å². The fourth-order valence-corrected chi connectivity index (χ4v) is 4.36. The first-order valence-corrected chi connectivity index (χ1v) is 13.8. The van der Waals surface area contributed by atoms with E-state index in [4.69, 9.17) is 9.47 Å². The van der Waals surface area contributed by atoms with Crippen LogP contribution in [0.2, 0.25) is 0 Å². The lowest BCUT2D eigenvalue weighted by atomic mass is 10.1. The molecule has 0 aliphatic carbocycles. The summed E-state index contributed by atoms with van der Waals surface area (Å²) in [7, 11) is 3.78. The second kappa shape index (κ2) is 17.3. The minimum atomic E-state index is 0.236. The molecule has 2 aliphatic heterocycles. The summed E-state index contributed by atoms with van der Waals surface area (Å²) < 4.78 is 10.5. The van der Waals surface area contributed by atoms with E-state index in [0.29, 0.717) is 25.0 Å². The lowest BCUT2D eigenvalue weighted by Gasteiger charge is -2.21. The topological polar surface area (TPSA) is 65.7 Å². The molecule has 2 aliphatic rings. The van der Waals surface area contributed by atoms with E-state index in [2.05, 4.69) is 0 Å². The van der Waals surface area contributed by atoms with Gasteiger partial charge in [0.15, 0.2) is 0 Å². The number of ether oxygens (including phenoxy) is 2. The third kappa shape index (κ3) is 15.4. The molecule has 2 saturated heterocycles. The molecule has 0 aromatic rings. The van der Waals surface area contributed by atoms with Crippen LogP contribution in [0.3, 0.4) is 0 Å². The zero-order valence-electron chi connectivity index (χ0n) is 21.5. The summed E-state index contributed by atoms with van der Waals surface area (Å²) in [5.74, 6) is 0.471. The largest absolute Gasteiger partial charge is 0.373 e. The predicted molar refractivity (Wildman–Crippen MR) is 133 cm³/mol. The molecule has 0 bridgehead atoms. The second-order valence-corrected chi connectivity index (χ2v) is 10.2. The van der Waals surface area contributed by atoms with Crippen molar-refractivity contribution in [2.75, 3.05) is 40.4 Å². The molecule has 33 heavy (non-hydrogen) atoms. The van der Waals surface area contributed by atoms with Crippen LogP contribution in [0.5, 0.6) is 0 Å². The van der Waals surface area contributed by atoms with Gasteiger partial charge in [-0.15, -0.1) is 0 Å². The van der Waals surface area contributed by atoms with Gasteiger partial charge < -0.3 is 19.3 Å². The number of carbonyl (C=O) groups excluding carboxylic acids is 2. The van der Waals surface area contributed by atoms with Gasteiger partial charge in [-0.3, -0.25) is 9.59 Å². The van der Waals surface area contributed by atoms with E-state index >= 15 is 0 Å². The Morgan fingerprint density at radius 2 is 0.909 bits per heavy atom. The maximum absolute atomic E-state index is 12.3. The van der Waals surface area contributed by atoms with Crippen molar-refractivity contribution in [3.05, 3.63) is 0 Å². The number of amides is 2. The third-order valence-corrected chi connectivity index (χ3v) is 6.98. The van der Waals surface area contributed by atoms with Crippen molar-refractivity contribution in [2.24, 2.45) is 0 Å². The molecule has 0 saturated carbocycles. The molecule has 6 heteroatoms. The Bertz CT molecular complexity index is 488. The molecule has 0 spiro atoms. The van der Waals surface area contributed by atoms with E-state index in [1.54, 1.807) is 0 Å². The summed E-state index contributed by atoms with van der Waals surface area (Å²) in [5.41, 5.74) is 0. The van der Waals surface area contributed by atoms with Gasteiger partial charge in [0.25, 0.3) is 0 Å². The predicted octanol–water partition coefficient (Wildman–Crippen LogP) is 5.33. The maximum Gasteiger partial charge on any atom is 0.222 e. The smallest absolute Gasteiger partial charge is 0.222 e. The number of epoxide rings is 2. The molecule has 2 rings (SSSR count). The van der Waals surface area contributed by atoms with Gasteiger partial charge in [0.1, 0.15) is 0 Å². The number of nitrogens with zero attached hydrogens (tertiary/aromatic N) is 2. The normalized spacial score (nSPS) is 18.8. The lowest BCUT2D eigenvalue weighted by molar-refractivity contribution is -0.130. The molecule has 2 unspecified atom stereocenters. The van der Waals surface area contributed by atoms with E-state index in [0.717, 1.165) is 58.4 Å². The molecule has 0 N–H and O–H groups in total. The average molecular weight is 467 g/mol. The first-order valence-electron chi connectivity index (χ1n) is 13.8. The van der Waals surface area contributed by atoms with Crippen molar-refractivity contribution in [1.29, 1.82) is 0 Å². The van der Waals surface area contributed by atoms with Crippen LogP contribution in [0, 0.1) is 0 Å². The molecule has 2 amide bonds. The Kier molecular flexibility index (Phi) is 14.7. The van der Waals surface area contributed by atoms with Gasteiger partial charge in [0.2, 0.25) is 11.8 Å². The molecule has 0 aromatic carbocycles. The standard InChI is InChI=1S/C27H50N2O4/c1-28(26(30)18-13-9-5-3-7-11-16-24-22-32-24)20-15-21-29(2)27(31)19-14-10-6-4-8-12-17-25-23-33-25/h24-25H,3-23H2,1-2H3. The lowest BCUT2D eigenvalue weighted by Crippen LogP contribution is -2.32. The molecule has 2 atom stereocenters. The van der Waals surface area contributed by atoms with Gasteiger partial charge in [-0.2, -0.15) is 0 Å². The van der Waals surface area contributed by atoms with Crippen molar-refractivity contribution in [3.8, 4) is 0 Å². The summed E-state index contributed by atoms with van der Waals surface area (Å²) in [6.45, 7) is 3.40. The highest BCUT2D eigenvalue weighted by Crippen LogP contribution is 2.19. The molecule has 6 nitrogen and oxygen atoms in total. The number of rotatable bonds is 22. The van der Waals surface area contributed by atoms with Crippen LogP contribution in [0.25, 0.3) is 0 Å². The minimum Gasteiger partial charge on any atom is -0.373 e. The van der Waals surface area contributed by atoms with Gasteiger partial charge in [-0.1, -0.05) is 64.2 Å². The van der Waals surface area contributed by atoms with Gasteiger partial charge in [-0.25, -0.2) is 0 Å². The molecular formula is C27H50N2O4. The van der Waals surface area contributed by atoms with Crippen LogP contribution in [0.4, 0.5) is 0 Å². The van der Waals surface area contributed by atoms with Gasteiger partial charge >= 0.3 is 0 Å². The first-order chi connectivity index (χ1) is 16.1. The van der Waals surface area contributed by atoms with Crippen LogP contribution < -0.4 is 0 Å². The zero-order chi connectivity index (χ0) is 23.7. The van der Waals surface area contributed by atoms with Crippen LogP contribution in [0.15, 0.2) is 0 Å². The summed E-state index contributed by atoms with van der Waals surface area (Å²) in [4.78, 5) is 28.3. The number of hydrogen-bond donors (Lipinski definition) is 0. The van der Waals surface area contributed by atoms with Crippen molar-refractivity contribution >= 4 is 11.8 Å². The molecular weight excluding hydrogens is 416 g/mol. The SMILES string of the molecule is CN(CCCN(C)C(=O)CCCCCCCCC1CO1)C(=O)CCCCCCCCC1CO1.